The van der Waals surface area contributed by atoms with E-state index in [4.69, 9.17) is 0 Å². The van der Waals surface area contributed by atoms with E-state index in [1.165, 1.54) is 36.8 Å². The van der Waals surface area contributed by atoms with Gasteiger partial charge in [-0.2, -0.15) is 0 Å². The zero-order valence-corrected chi connectivity index (χ0v) is 8.27. The summed E-state index contributed by atoms with van der Waals surface area (Å²) in [7, 11) is 0. The Morgan fingerprint density at radius 2 is 2.08 bits per heavy atom. The van der Waals surface area contributed by atoms with Crippen LogP contribution in [0, 0.1) is 0 Å². The molecule has 13 heavy (non-hydrogen) atoms. The monoisotopic (exact) mass is 172 g/mol. The lowest BCUT2D eigenvalue weighted by atomic mass is 9.85. The molecule has 2 aliphatic rings. The van der Waals surface area contributed by atoms with Gasteiger partial charge in [-0.25, -0.2) is 0 Å². The molecule has 68 valence electrons. The van der Waals surface area contributed by atoms with Crippen LogP contribution in [0.15, 0.2) is 47.1 Å². The number of rotatable bonds is 1. The van der Waals surface area contributed by atoms with Gasteiger partial charge in [0.05, 0.1) is 0 Å². The van der Waals surface area contributed by atoms with Crippen molar-refractivity contribution in [3.05, 3.63) is 47.1 Å². The molecule has 0 saturated heterocycles. The average molecular weight is 172 g/mol. The van der Waals surface area contributed by atoms with Gasteiger partial charge in [0.15, 0.2) is 0 Å². The van der Waals surface area contributed by atoms with Crippen LogP contribution in [0.2, 0.25) is 0 Å². The molecule has 0 fully saturated rings. The normalized spacial score (nSPS) is 21.2. The van der Waals surface area contributed by atoms with E-state index in [9.17, 15) is 0 Å². The van der Waals surface area contributed by atoms with Crippen molar-refractivity contribution in [2.75, 3.05) is 0 Å². The minimum atomic E-state index is 1.18. The maximum Gasteiger partial charge on any atom is -0.0236 e. The standard InChI is InChI=1S/C13H16/c1-10(2)12-8-7-11-5-3-4-6-13(11)9-12/h3,5,9H,1,4,6-8H2,2H3. The predicted molar refractivity (Wildman–Crippen MR) is 57.5 cm³/mol. The van der Waals surface area contributed by atoms with Crippen molar-refractivity contribution in [2.24, 2.45) is 0 Å². The highest BCUT2D eigenvalue weighted by molar-refractivity contribution is 5.45. The van der Waals surface area contributed by atoms with Crippen molar-refractivity contribution < 1.29 is 0 Å². The summed E-state index contributed by atoms with van der Waals surface area (Å²) in [5, 5.41) is 0. The Labute approximate surface area is 80.3 Å². The maximum absolute atomic E-state index is 4.01. The van der Waals surface area contributed by atoms with Crippen LogP contribution in [0.3, 0.4) is 0 Å². The molecular formula is C13H16. The minimum absolute atomic E-state index is 1.18. The quantitative estimate of drug-likeness (QED) is 0.562. The molecule has 0 nitrogen and oxygen atoms in total. The summed E-state index contributed by atoms with van der Waals surface area (Å²) in [4.78, 5) is 0. The first-order valence-electron chi connectivity index (χ1n) is 5.02. The maximum atomic E-state index is 4.01. The van der Waals surface area contributed by atoms with E-state index in [2.05, 4.69) is 31.7 Å². The van der Waals surface area contributed by atoms with Gasteiger partial charge in [-0.05, 0) is 49.3 Å². The molecule has 0 saturated carbocycles. The molecule has 2 rings (SSSR count). The lowest BCUT2D eigenvalue weighted by molar-refractivity contribution is 0.857. The van der Waals surface area contributed by atoms with Gasteiger partial charge < -0.3 is 0 Å². The van der Waals surface area contributed by atoms with Gasteiger partial charge >= 0.3 is 0 Å². The fourth-order valence-electron chi connectivity index (χ4n) is 2.03. The molecule has 0 atom stereocenters. The van der Waals surface area contributed by atoms with E-state index in [-0.39, 0.29) is 0 Å². The zero-order valence-electron chi connectivity index (χ0n) is 8.27. The number of hydrogen-bond acceptors (Lipinski definition) is 0. The fourth-order valence-corrected chi connectivity index (χ4v) is 2.03. The van der Waals surface area contributed by atoms with Gasteiger partial charge in [0, 0.05) is 0 Å². The highest BCUT2D eigenvalue weighted by Crippen LogP contribution is 2.32. The first kappa shape index (κ1) is 8.55. The Balaban J connectivity index is 2.31. The molecule has 0 unspecified atom stereocenters. The highest BCUT2D eigenvalue weighted by Gasteiger charge is 2.13. The molecule has 0 aromatic carbocycles. The summed E-state index contributed by atoms with van der Waals surface area (Å²) >= 11 is 0. The van der Waals surface area contributed by atoms with Crippen LogP contribution >= 0.6 is 0 Å². The van der Waals surface area contributed by atoms with Crippen molar-refractivity contribution in [1.29, 1.82) is 0 Å². The third-order valence-corrected chi connectivity index (χ3v) is 2.87. The Hall–Kier alpha value is -1.04. The van der Waals surface area contributed by atoms with Gasteiger partial charge in [-0.1, -0.05) is 30.4 Å². The predicted octanol–water partition coefficient (Wildman–Crippen LogP) is 3.93. The summed E-state index contributed by atoms with van der Waals surface area (Å²) in [5.41, 5.74) is 5.79. The summed E-state index contributed by atoms with van der Waals surface area (Å²) in [6.45, 7) is 6.11. The third-order valence-electron chi connectivity index (χ3n) is 2.87. The zero-order chi connectivity index (χ0) is 9.26. The van der Waals surface area contributed by atoms with E-state index in [1.807, 2.05) is 0 Å². The summed E-state index contributed by atoms with van der Waals surface area (Å²) in [5.74, 6) is 0. The second kappa shape index (κ2) is 3.37. The molecule has 0 spiro atoms. The molecule has 0 aromatic heterocycles. The van der Waals surface area contributed by atoms with Gasteiger partial charge in [0.2, 0.25) is 0 Å². The molecule has 0 heteroatoms. The van der Waals surface area contributed by atoms with E-state index in [1.54, 1.807) is 11.1 Å². The first-order valence-corrected chi connectivity index (χ1v) is 5.02. The second-order valence-corrected chi connectivity index (χ2v) is 3.94. The van der Waals surface area contributed by atoms with E-state index < -0.39 is 0 Å². The number of allylic oxidation sites excluding steroid dienone is 7. The van der Waals surface area contributed by atoms with Crippen LogP contribution < -0.4 is 0 Å². The van der Waals surface area contributed by atoms with Crippen molar-refractivity contribution in [3.8, 4) is 0 Å². The summed E-state index contributed by atoms with van der Waals surface area (Å²) in [6.07, 6.45) is 11.8. The first-order chi connectivity index (χ1) is 6.27. The molecule has 0 radical (unpaired) electrons. The van der Waals surface area contributed by atoms with Crippen molar-refractivity contribution in [3.63, 3.8) is 0 Å². The molecule has 0 heterocycles. The average Bonchev–Trinajstić information content (AvgIpc) is 2.17. The minimum Gasteiger partial charge on any atom is -0.0958 e. The Kier molecular flexibility index (Phi) is 2.22. The van der Waals surface area contributed by atoms with Crippen LogP contribution in [-0.2, 0) is 0 Å². The molecule has 0 aliphatic heterocycles. The van der Waals surface area contributed by atoms with Crippen molar-refractivity contribution in [1.82, 2.24) is 0 Å². The topological polar surface area (TPSA) is 0 Å². The van der Waals surface area contributed by atoms with Gasteiger partial charge in [-0.3, -0.25) is 0 Å². The Morgan fingerprint density at radius 1 is 1.23 bits per heavy atom. The summed E-state index contributed by atoms with van der Waals surface area (Å²) < 4.78 is 0. The Morgan fingerprint density at radius 3 is 2.85 bits per heavy atom. The molecule has 0 N–H and O–H groups in total. The van der Waals surface area contributed by atoms with Crippen LogP contribution in [-0.4, -0.2) is 0 Å². The van der Waals surface area contributed by atoms with Crippen molar-refractivity contribution in [2.45, 2.75) is 32.6 Å². The lowest BCUT2D eigenvalue weighted by Gasteiger charge is -2.20. The van der Waals surface area contributed by atoms with Gasteiger partial charge in [-0.15, -0.1) is 0 Å². The van der Waals surface area contributed by atoms with Crippen molar-refractivity contribution >= 4 is 0 Å². The Bertz CT molecular complexity index is 324. The van der Waals surface area contributed by atoms with Gasteiger partial charge in [0.1, 0.15) is 0 Å². The molecule has 0 aromatic rings. The van der Waals surface area contributed by atoms with E-state index in [0.29, 0.717) is 0 Å². The van der Waals surface area contributed by atoms with Crippen LogP contribution in [0.4, 0.5) is 0 Å². The molecular weight excluding hydrogens is 156 g/mol. The SMILES string of the molecule is C=C(C)C1=CC2=C(C=CCC2)CC1. The highest BCUT2D eigenvalue weighted by atomic mass is 14.2. The van der Waals surface area contributed by atoms with Crippen LogP contribution in [0.1, 0.15) is 32.6 Å². The second-order valence-electron chi connectivity index (χ2n) is 3.94. The van der Waals surface area contributed by atoms with Crippen LogP contribution in [0.5, 0.6) is 0 Å². The van der Waals surface area contributed by atoms with Crippen LogP contribution in [0.25, 0.3) is 0 Å². The number of hydrogen-bond donors (Lipinski definition) is 0. The lowest BCUT2D eigenvalue weighted by Crippen LogP contribution is -2.01. The summed E-state index contributed by atoms with van der Waals surface area (Å²) in [6, 6.07) is 0. The van der Waals surface area contributed by atoms with E-state index >= 15 is 0 Å². The van der Waals surface area contributed by atoms with E-state index in [0.717, 1.165) is 0 Å². The van der Waals surface area contributed by atoms with Gasteiger partial charge in [0.25, 0.3) is 0 Å². The smallest absolute Gasteiger partial charge is 0.0236 e. The fraction of sp³-hybridized carbons (Fsp3) is 0.385. The third kappa shape index (κ3) is 1.67. The molecule has 0 amide bonds. The largest absolute Gasteiger partial charge is 0.0958 e. The molecule has 0 bridgehead atoms. The molecule has 2 aliphatic carbocycles.